The summed E-state index contributed by atoms with van der Waals surface area (Å²) in [4.78, 5) is 15.3. The molecule has 2 aromatic rings. The van der Waals surface area contributed by atoms with Crippen LogP contribution in [-0.4, -0.2) is 53.2 Å². The van der Waals surface area contributed by atoms with Crippen LogP contribution in [0.15, 0.2) is 36.4 Å². The number of carbonyl (C=O) groups is 1. The van der Waals surface area contributed by atoms with Gasteiger partial charge in [0.25, 0.3) is 0 Å². The number of nitrogens with zero attached hydrogens (tertiary/aromatic N) is 1. The van der Waals surface area contributed by atoms with Crippen molar-refractivity contribution in [2.75, 3.05) is 20.1 Å². The molecule has 1 saturated heterocycles. The zero-order chi connectivity index (χ0) is 22.3. The number of fused-ring (bicyclic) bond motifs is 1. The molecule has 5 nitrogen and oxygen atoms in total. The maximum absolute atomic E-state index is 13.1. The molecular weight excluding hydrogens is 414 g/mol. The van der Waals surface area contributed by atoms with Gasteiger partial charge < -0.3 is 19.8 Å². The fraction of sp³-hybridized carbons (Fsp3) is 0.400. The van der Waals surface area contributed by atoms with Gasteiger partial charge in [0.1, 0.15) is 11.5 Å². The van der Waals surface area contributed by atoms with Crippen molar-refractivity contribution in [2.45, 2.75) is 44.8 Å². The summed E-state index contributed by atoms with van der Waals surface area (Å²) < 4.78 is 6.23. The van der Waals surface area contributed by atoms with Gasteiger partial charge in [-0.2, -0.15) is 0 Å². The molecule has 0 radical (unpaired) electrons. The Labute approximate surface area is 187 Å². The Hall–Kier alpha value is -2.34. The van der Waals surface area contributed by atoms with Gasteiger partial charge in [-0.15, -0.1) is 0 Å². The zero-order valence-electron chi connectivity index (χ0n) is 18.1. The lowest BCUT2D eigenvalue weighted by atomic mass is 9.77. The number of hydrogen-bond donors (Lipinski definition) is 2. The fourth-order valence-electron chi connectivity index (χ4n) is 4.85. The minimum absolute atomic E-state index is 0.0105. The average Bonchev–Trinajstić information content (AvgIpc) is 2.68. The molecule has 31 heavy (non-hydrogen) atoms. The normalized spacial score (nSPS) is 21.8. The van der Waals surface area contributed by atoms with Crippen molar-refractivity contribution >= 4 is 23.0 Å². The van der Waals surface area contributed by atoms with Crippen LogP contribution in [0, 0.1) is 0 Å². The molecule has 2 atom stereocenters. The zero-order valence-corrected chi connectivity index (χ0v) is 18.8. The number of benzene rings is 2. The van der Waals surface area contributed by atoms with E-state index in [1.165, 1.54) is 6.07 Å². The Morgan fingerprint density at radius 2 is 1.94 bits per heavy atom. The largest absolute Gasteiger partial charge is 0.508 e. The standard InChI is InChI=1S/C25H28ClNO4/c1-14(2)31-23-13-27(3)9-8-17(23)24-18-10-15(16-6-4-5-7-19(16)26)11-20(28)25(18)22(30)12-21(24)29/h4-7,11-12,14,17,23,29-30H,8-10,13H2,1-3H3/t17-,23+/m1/s1. The molecule has 1 aliphatic carbocycles. The van der Waals surface area contributed by atoms with Crippen LogP contribution in [-0.2, 0) is 11.2 Å². The Morgan fingerprint density at radius 3 is 2.65 bits per heavy atom. The molecule has 4 rings (SSSR count). The van der Waals surface area contributed by atoms with E-state index in [0.29, 0.717) is 22.6 Å². The molecule has 1 aliphatic heterocycles. The fourth-order valence-corrected chi connectivity index (χ4v) is 5.11. The van der Waals surface area contributed by atoms with Crippen molar-refractivity contribution in [3.63, 3.8) is 0 Å². The third-order valence-electron chi connectivity index (χ3n) is 6.15. The first kappa shape index (κ1) is 21.9. The van der Waals surface area contributed by atoms with Crippen molar-refractivity contribution in [1.82, 2.24) is 4.90 Å². The number of hydrogen-bond acceptors (Lipinski definition) is 5. The van der Waals surface area contributed by atoms with E-state index in [1.807, 2.05) is 32.0 Å². The van der Waals surface area contributed by atoms with E-state index in [1.54, 1.807) is 12.1 Å². The van der Waals surface area contributed by atoms with Crippen LogP contribution in [0.3, 0.4) is 0 Å². The number of likely N-dealkylation sites (N-methyl/N-ethyl adjacent to an activating group) is 1. The first-order valence-electron chi connectivity index (χ1n) is 10.7. The topological polar surface area (TPSA) is 70.0 Å². The number of ether oxygens (including phenoxy) is 1. The van der Waals surface area contributed by atoms with E-state index < -0.39 is 0 Å². The number of halogens is 1. The van der Waals surface area contributed by atoms with Gasteiger partial charge in [-0.05, 0) is 69.1 Å². The Bertz CT molecular complexity index is 1040. The van der Waals surface area contributed by atoms with Crippen molar-refractivity contribution in [3.05, 3.63) is 63.7 Å². The van der Waals surface area contributed by atoms with Gasteiger partial charge in [0.2, 0.25) is 0 Å². The van der Waals surface area contributed by atoms with Crippen molar-refractivity contribution in [3.8, 4) is 11.5 Å². The maximum Gasteiger partial charge on any atom is 0.190 e. The van der Waals surface area contributed by atoms with Gasteiger partial charge in [-0.3, -0.25) is 4.79 Å². The van der Waals surface area contributed by atoms with Gasteiger partial charge in [-0.1, -0.05) is 29.8 Å². The van der Waals surface area contributed by atoms with Gasteiger partial charge >= 0.3 is 0 Å². The van der Waals surface area contributed by atoms with Crippen molar-refractivity contribution in [2.24, 2.45) is 0 Å². The lowest BCUT2D eigenvalue weighted by molar-refractivity contribution is -0.0414. The van der Waals surface area contributed by atoms with Crippen LogP contribution < -0.4 is 0 Å². The summed E-state index contributed by atoms with van der Waals surface area (Å²) in [5.41, 5.74) is 3.22. The number of piperidine rings is 1. The SMILES string of the molecule is CC(C)O[C@H]1CN(C)CC[C@H]1c1c(O)cc(O)c2c1CC(c1ccccc1Cl)=CC2=O. The van der Waals surface area contributed by atoms with Crippen molar-refractivity contribution < 1.29 is 19.7 Å². The van der Waals surface area contributed by atoms with Gasteiger partial charge in [-0.25, -0.2) is 0 Å². The molecule has 0 amide bonds. The predicted molar refractivity (Wildman–Crippen MR) is 122 cm³/mol. The van der Waals surface area contributed by atoms with E-state index >= 15 is 0 Å². The Kier molecular flexibility index (Phi) is 6.11. The highest BCUT2D eigenvalue weighted by Crippen LogP contribution is 2.45. The molecule has 0 saturated carbocycles. The van der Waals surface area contributed by atoms with Crippen LogP contribution >= 0.6 is 11.6 Å². The number of allylic oxidation sites excluding steroid dienone is 2. The second-order valence-electron chi connectivity index (χ2n) is 8.75. The van der Waals surface area contributed by atoms with Crippen LogP contribution in [0.25, 0.3) is 5.57 Å². The number of carbonyl (C=O) groups excluding carboxylic acids is 1. The predicted octanol–water partition coefficient (Wildman–Crippen LogP) is 4.79. The number of aromatic hydroxyl groups is 2. The molecule has 2 N–H and O–H groups in total. The quantitative estimate of drug-likeness (QED) is 0.714. The number of rotatable bonds is 4. The molecule has 6 heteroatoms. The molecule has 1 heterocycles. The summed E-state index contributed by atoms with van der Waals surface area (Å²) in [5, 5.41) is 22.0. The maximum atomic E-state index is 13.1. The van der Waals surface area contributed by atoms with Crippen LogP contribution in [0.5, 0.6) is 11.5 Å². The summed E-state index contributed by atoms with van der Waals surface area (Å²) in [6.45, 7) is 5.59. The number of likely N-dealkylation sites (tertiary alicyclic amines) is 1. The summed E-state index contributed by atoms with van der Waals surface area (Å²) in [6, 6.07) is 8.70. The monoisotopic (exact) mass is 441 g/mol. The van der Waals surface area contributed by atoms with E-state index in [-0.39, 0.29) is 41.0 Å². The molecule has 2 aliphatic rings. The molecule has 0 spiro atoms. The summed E-state index contributed by atoms with van der Waals surface area (Å²) >= 11 is 6.40. The van der Waals surface area contributed by atoms with E-state index in [2.05, 4.69) is 11.9 Å². The minimum atomic E-state index is -0.274. The molecular formula is C25H28ClNO4. The van der Waals surface area contributed by atoms with Crippen LogP contribution in [0.4, 0.5) is 0 Å². The van der Waals surface area contributed by atoms with E-state index in [0.717, 1.165) is 30.6 Å². The van der Waals surface area contributed by atoms with E-state index in [4.69, 9.17) is 16.3 Å². The molecule has 164 valence electrons. The number of ketones is 1. The van der Waals surface area contributed by atoms with Crippen LogP contribution in [0.2, 0.25) is 5.02 Å². The summed E-state index contributed by atoms with van der Waals surface area (Å²) in [7, 11) is 2.06. The molecule has 0 aromatic heterocycles. The van der Waals surface area contributed by atoms with Gasteiger partial charge in [0.15, 0.2) is 5.78 Å². The molecule has 0 unspecified atom stereocenters. The molecule has 1 fully saturated rings. The van der Waals surface area contributed by atoms with Gasteiger partial charge in [0, 0.05) is 29.1 Å². The van der Waals surface area contributed by atoms with E-state index in [9.17, 15) is 15.0 Å². The van der Waals surface area contributed by atoms with Crippen molar-refractivity contribution in [1.29, 1.82) is 0 Å². The summed E-state index contributed by atoms with van der Waals surface area (Å²) in [5.74, 6) is -0.531. The lowest BCUT2D eigenvalue weighted by Gasteiger charge is -2.39. The Morgan fingerprint density at radius 1 is 1.19 bits per heavy atom. The smallest absolute Gasteiger partial charge is 0.190 e. The Balaban J connectivity index is 1.83. The van der Waals surface area contributed by atoms with Crippen LogP contribution in [0.1, 0.15) is 53.2 Å². The highest BCUT2D eigenvalue weighted by Gasteiger charge is 2.37. The lowest BCUT2D eigenvalue weighted by Crippen LogP contribution is -2.43. The first-order chi connectivity index (χ1) is 14.8. The third-order valence-corrected chi connectivity index (χ3v) is 6.48. The second-order valence-corrected chi connectivity index (χ2v) is 9.16. The average molecular weight is 442 g/mol. The first-order valence-corrected chi connectivity index (χ1v) is 11.1. The third kappa shape index (κ3) is 4.22. The number of phenols is 2. The second kappa shape index (κ2) is 8.65. The highest BCUT2D eigenvalue weighted by atomic mass is 35.5. The molecule has 2 aromatic carbocycles. The highest BCUT2D eigenvalue weighted by molar-refractivity contribution is 6.32. The molecule has 0 bridgehead atoms. The van der Waals surface area contributed by atoms with Gasteiger partial charge in [0.05, 0.1) is 17.8 Å². The minimum Gasteiger partial charge on any atom is -0.508 e. The summed E-state index contributed by atoms with van der Waals surface area (Å²) in [6.07, 6.45) is 2.65. The number of phenolic OH excluding ortho intramolecular Hbond substituents is 2.